The van der Waals surface area contributed by atoms with E-state index >= 15 is 0 Å². The summed E-state index contributed by atoms with van der Waals surface area (Å²) in [5, 5.41) is 3.52. The van der Waals surface area contributed by atoms with Gasteiger partial charge in [-0.2, -0.15) is 0 Å². The molecule has 0 spiro atoms. The van der Waals surface area contributed by atoms with Gasteiger partial charge >= 0.3 is 0 Å². The quantitative estimate of drug-likeness (QED) is 0.739. The van der Waals surface area contributed by atoms with Crippen LogP contribution in [0, 0.1) is 6.92 Å². The number of nitrogens with one attached hydrogen (secondary N) is 1. The predicted molar refractivity (Wildman–Crippen MR) is 55.7 cm³/mol. The van der Waals surface area contributed by atoms with Crippen LogP contribution in [0.4, 0.5) is 5.69 Å². The van der Waals surface area contributed by atoms with E-state index in [1.807, 2.05) is 0 Å². The summed E-state index contributed by atoms with van der Waals surface area (Å²) in [5.74, 6) is 0. The van der Waals surface area contributed by atoms with Crippen LogP contribution in [0.3, 0.4) is 0 Å². The third-order valence-corrected chi connectivity index (χ3v) is 2.50. The van der Waals surface area contributed by atoms with Gasteiger partial charge in [0.2, 0.25) is 0 Å². The first kappa shape index (κ1) is 8.57. The minimum Gasteiger partial charge on any atom is -0.382 e. The van der Waals surface area contributed by atoms with Crippen molar-refractivity contribution in [2.45, 2.75) is 32.4 Å². The van der Waals surface area contributed by atoms with Crippen LogP contribution in [-0.4, -0.2) is 6.04 Å². The van der Waals surface area contributed by atoms with Gasteiger partial charge in [-0.05, 0) is 30.9 Å². The average molecular weight is 176 g/mol. The number of para-hydroxylation sites is 1. The van der Waals surface area contributed by atoms with Gasteiger partial charge in [0.05, 0.1) is 0 Å². The van der Waals surface area contributed by atoms with Crippen LogP contribution in [0.2, 0.25) is 0 Å². The van der Waals surface area contributed by atoms with Crippen molar-refractivity contribution in [1.29, 1.82) is 0 Å². The van der Waals surface area contributed by atoms with Gasteiger partial charge in [0.1, 0.15) is 0 Å². The largest absolute Gasteiger partial charge is 0.382 e. The summed E-state index contributed by atoms with van der Waals surface area (Å²) in [6.45, 7) is 2.75. The molecule has 0 aliphatic heterocycles. The van der Waals surface area contributed by atoms with Crippen molar-refractivity contribution in [2.75, 3.05) is 5.32 Å². The SMILES string of the molecule is Cc1cccc(CN)c1NC1CC1. The van der Waals surface area contributed by atoms with Crippen LogP contribution in [0.1, 0.15) is 24.0 Å². The van der Waals surface area contributed by atoms with Crippen molar-refractivity contribution in [3.05, 3.63) is 29.3 Å². The van der Waals surface area contributed by atoms with E-state index in [1.54, 1.807) is 0 Å². The van der Waals surface area contributed by atoms with Gasteiger partial charge < -0.3 is 11.1 Å². The maximum Gasteiger partial charge on any atom is 0.0417 e. The lowest BCUT2D eigenvalue weighted by molar-refractivity contribution is 1.04. The molecule has 2 nitrogen and oxygen atoms in total. The molecule has 0 heterocycles. The Morgan fingerprint density at radius 1 is 1.46 bits per heavy atom. The van der Waals surface area contributed by atoms with Crippen molar-refractivity contribution in [2.24, 2.45) is 5.73 Å². The molecule has 1 saturated carbocycles. The first-order chi connectivity index (χ1) is 6.31. The topological polar surface area (TPSA) is 38.0 Å². The lowest BCUT2D eigenvalue weighted by atomic mass is 10.1. The minimum absolute atomic E-state index is 0.622. The molecule has 13 heavy (non-hydrogen) atoms. The molecule has 1 aromatic carbocycles. The van der Waals surface area contributed by atoms with Gasteiger partial charge in [0.15, 0.2) is 0 Å². The van der Waals surface area contributed by atoms with E-state index in [1.165, 1.54) is 29.7 Å². The van der Waals surface area contributed by atoms with Gasteiger partial charge in [0, 0.05) is 18.3 Å². The summed E-state index contributed by atoms with van der Waals surface area (Å²) in [7, 11) is 0. The van der Waals surface area contributed by atoms with E-state index in [4.69, 9.17) is 5.73 Å². The molecule has 0 bridgehead atoms. The molecule has 3 N–H and O–H groups in total. The molecule has 2 heteroatoms. The Morgan fingerprint density at radius 3 is 2.85 bits per heavy atom. The van der Waals surface area contributed by atoms with Gasteiger partial charge in [0.25, 0.3) is 0 Å². The van der Waals surface area contributed by atoms with Crippen molar-refractivity contribution < 1.29 is 0 Å². The Bertz CT molecular complexity index is 303. The third-order valence-electron chi connectivity index (χ3n) is 2.50. The summed E-state index contributed by atoms with van der Waals surface area (Å²) in [5.41, 5.74) is 9.46. The van der Waals surface area contributed by atoms with Crippen LogP contribution < -0.4 is 11.1 Å². The second kappa shape index (κ2) is 3.38. The molecule has 1 fully saturated rings. The molecule has 1 aliphatic rings. The Labute approximate surface area is 79.1 Å². The highest BCUT2D eigenvalue weighted by Gasteiger charge is 2.22. The number of aryl methyl sites for hydroxylation is 1. The number of nitrogens with two attached hydrogens (primary N) is 1. The first-order valence-corrected chi connectivity index (χ1v) is 4.86. The smallest absolute Gasteiger partial charge is 0.0417 e. The molecular formula is C11H16N2. The number of anilines is 1. The zero-order valence-electron chi connectivity index (χ0n) is 8.01. The van der Waals surface area contributed by atoms with Crippen LogP contribution in [0.25, 0.3) is 0 Å². The van der Waals surface area contributed by atoms with Crippen molar-refractivity contribution in [1.82, 2.24) is 0 Å². The Balaban J connectivity index is 2.27. The van der Waals surface area contributed by atoms with Crippen LogP contribution in [0.5, 0.6) is 0 Å². The fourth-order valence-corrected chi connectivity index (χ4v) is 1.54. The fraction of sp³-hybridized carbons (Fsp3) is 0.455. The molecule has 0 unspecified atom stereocenters. The molecule has 0 atom stereocenters. The highest BCUT2D eigenvalue weighted by Crippen LogP contribution is 2.28. The Kier molecular flexibility index (Phi) is 2.23. The van der Waals surface area contributed by atoms with E-state index in [9.17, 15) is 0 Å². The lowest BCUT2D eigenvalue weighted by Crippen LogP contribution is -2.08. The number of hydrogen-bond donors (Lipinski definition) is 2. The maximum atomic E-state index is 5.68. The highest BCUT2D eigenvalue weighted by atomic mass is 15.0. The number of benzene rings is 1. The molecular weight excluding hydrogens is 160 g/mol. The molecule has 0 radical (unpaired) electrons. The summed E-state index contributed by atoms with van der Waals surface area (Å²) in [6.07, 6.45) is 2.61. The summed E-state index contributed by atoms with van der Waals surface area (Å²) in [6, 6.07) is 6.99. The second-order valence-corrected chi connectivity index (χ2v) is 3.73. The normalized spacial score (nSPS) is 15.8. The predicted octanol–water partition coefficient (Wildman–Crippen LogP) is 2.03. The molecule has 1 aliphatic carbocycles. The van der Waals surface area contributed by atoms with Crippen LogP contribution in [0.15, 0.2) is 18.2 Å². The average Bonchev–Trinajstić information content (AvgIpc) is 2.92. The summed E-state index contributed by atoms with van der Waals surface area (Å²) >= 11 is 0. The minimum atomic E-state index is 0.622. The molecule has 0 saturated heterocycles. The van der Waals surface area contributed by atoms with Crippen LogP contribution >= 0.6 is 0 Å². The van der Waals surface area contributed by atoms with E-state index in [0.29, 0.717) is 12.6 Å². The monoisotopic (exact) mass is 176 g/mol. The summed E-state index contributed by atoms with van der Waals surface area (Å²) in [4.78, 5) is 0. The van der Waals surface area contributed by atoms with E-state index in [0.717, 1.165) is 0 Å². The zero-order chi connectivity index (χ0) is 9.26. The second-order valence-electron chi connectivity index (χ2n) is 3.73. The maximum absolute atomic E-state index is 5.68. The van der Waals surface area contributed by atoms with Crippen LogP contribution in [-0.2, 0) is 6.54 Å². The molecule has 0 aromatic heterocycles. The van der Waals surface area contributed by atoms with Gasteiger partial charge in [-0.15, -0.1) is 0 Å². The highest BCUT2D eigenvalue weighted by molar-refractivity contribution is 5.58. The molecule has 70 valence electrons. The van der Waals surface area contributed by atoms with Gasteiger partial charge in [-0.3, -0.25) is 0 Å². The van der Waals surface area contributed by atoms with E-state index < -0.39 is 0 Å². The van der Waals surface area contributed by atoms with E-state index in [-0.39, 0.29) is 0 Å². The van der Waals surface area contributed by atoms with Gasteiger partial charge in [-0.1, -0.05) is 18.2 Å². The fourth-order valence-electron chi connectivity index (χ4n) is 1.54. The first-order valence-electron chi connectivity index (χ1n) is 4.86. The Morgan fingerprint density at radius 2 is 2.23 bits per heavy atom. The number of rotatable bonds is 3. The standard InChI is InChI=1S/C11H16N2/c1-8-3-2-4-9(7-12)11(8)13-10-5-6-10/h2-4,10,13H,5-7,12H2,1H3. The molecule has 1 aromatic rings. The third kappa shape index (κ3) is 1.83. The Hall–Kier alpha value is -1.02. The van der Waals surface area contributed by atoms with Crippen molar-refractivity contribution in [3.63, 3.8) is 0 Å². The van der Waals surface area contributed by atoms with Crippen molar-refractivity contribution in [3.8, 4) is 0 Å². The lowest BCUT2D eigenvalue weighted by Gasteiger charge is -2.12. The van der Waals surface area contributed by atoms with Crippen molar-refractivity contribution >= 4 is 5.69 Å². The zero-order valence-corrected chi connectivity index (χ0v) is 8.01. The molecule has 0 amide bonds. The summed E-state index contributed by atoms with van der Waals surface area (Å²) < 4.78 is 0. The number of hydrogen-bond acceptors (Lipinski definition) is 2. The van der Waals surface area contributed by atoms with E-state index in [2.05, 4.69) is 30.4 Å². The van der Waals surface area contributed by atoms with Gasteiger partial charge in [-0.25, -0.2) is 0 Å². The molecule has 2 rings (SSSR count).